The SMILES string of the molecule is Cc1cc(S(=O)(=O)N(C)[C@@H]2CNC[C@H]2O)sc1Br. The molecule has 18 heavy (non-hydrogen) atoms. The monoisotopic (exact) mass is 354 g/mol. The molecule has 8 heteroatoms. The molecule has 2 heterocycles. The summed E-state index contributed by atoms with van der Waals surface area (Å²) in [5, 5.41) is 12.7. The normalized spacial score (nSPS) is 24.9. The van der Waals surface area contributed by atoms with Gasteiger partial charge in [-0.3, -0.25) is 0 Å². The summed E-state index contributed by atoms with van der Waals surface area (Å²) in [7, 11) is -2.02. The first-order chi connectivity index (χ1) is 8.34. The van der Waals surface area contributed by atoms with Crippen molar-refractivity contribution in [1.29, 1.82) is 0 Å². The van der Waals surface area contributed by atoms with E-state index in [0.717, 1.165) is 9.35 Å². The third kappa shape index (κ3) is 2.50. The molecule has 0 bridgehead atoms. The fraction of sp³-hybridized carbons (Fsp3) is 0.600. The lowest BCUT2D eigenvalue weighted by atomic mass is 10.2. The van der Waals surface area contributed by atoms with E-state index in [0.29, 0.717) is 17.3 Å². The molecule has 1 aromatic heterocycles. The number of thiophene rings is 1. The van der Waals surface area contributed by atoms with Crippen molar-refractivity contribution in [3.05, 3.63) is 15.4 Å². The van der Waals surface area contributed by atoms with Crippen LogP contribution in [-0.2, 0) is 10.0 Å². The van der Waals surface area contributed by atoms with Crippen LogP contribution in [0.1, 0.15) is 5.56 Å². The van der Waals surface area contributed by atoms with E-state index in [-0.39, 0.29) is 0 Å². The minimum atomic E-state index is -3.54. The first-order valence-corrected chi connectivity index (χ1v) is 8.51. The molecule has 2 rings (SSSR count). The Balaban J connectivity index is 2.30. The predicted molar refractivity (Wildman–Crippen MR) is 74.4 cm³/mol. The standard InChI is InChI=1S/C10H15BrN2O3S2/c1-6-3-9(17-10(6)11)18(15,16)13(2)7-4-12-5-8(7)14/h3,7-8,12,14H,4-5H2,1-2H3/t7-,8-/m1/s1. The second-order valence-electron chi connectivity index (χ2n) is 4.34. The van der Waals surface area contributed by atoms with Gasteiger partial charge in [-0.15, -0.1) is 11.3 Å². The Kier molecular flexibility index (Phi) is 4.15. The topological polar surface area (TPSA) is 69.6 Å². The van der Waals surface area contributed by atoms with Gasteiger partial charge in [0, 0.05) is 20.1 Å². The molecule has 1 saturated heterocycles. The highest BCUT2D eigenvalue weighted by molar-refractivity contribution is 9.11. The quantitative estimate of drug-likeness (QED) is 0.841. The van der Waals surface area contributed by atoms with Crippen molar-refractivity contribution in [3.8, 4) is 0 Å². The van der Waals surface area contributed by atoms with Gasteiger partial charge in [0.1, 0.15) is 4.21 Å². The highest BCUT2D eigenvalue weighted by atomic mass is 79.9. The van der Waals surface area contributed by atoms with E-state index in [1.165, 1.54) is 22.7 Å². The summed E-state index contributed by atoms with van der Waals surface area (Å²) in [6, 6.07) is 1.24. The number of aliphatic hydroxyl groups is 1. The fourth-order valence-electron chi connectivity index (χ4n) is 1.90. The molecule has 0 radical (unpaired) electrons. The molecular weight excluding hydrogens is 340 g/mol. The average molecular weight is 355 g/mol. The van der Waals surface area contributed by atoms with Crippen molar-refractivity contribution >= 4 is 37.3 Å². The zero-order valence-corrected chi connectivity index (χ0v) is 13.3. The average Bonchev–Trinajstić information content (AvgIpc) is 2.85. The zero-order valence-electron chi connectivity index (χ0n) is 10.1. The van der Waals surface area contributed by atoms with E-state index >= 15 is 0 Å². The van der Waals surface area contributed by atoms with Crippen LogP contribution in [0.2, 0.25) is 0 Å². The van der Waals surface area contributed by atoms with E-state index in [9.17, 15) is 13.5 Å². The van der Waals surface area contributed by atoms with Crippen LogP contribution < -0.4 is 5.32 Å². The van der Waals surface area contributed by atoms with Crippen molar-refractivity contribution < 1.29 is 13.5 Å². The summed E-state index contributed by atoms with van der Waals surface area (Å²) in [4.78, 5) is 0. The minimum Gasteiger partial charge on any atom is -0.390 e. The molecule has 0 saturated carbocycles. The van der Waals surface area contributed by atoms with E-state index in [1.807, 2.05) is 6.92 Å². The number of nitrogens with one attached hydrogen (secondary N) is 1. The van der Waals surface area contributed by atoms with E-state index in [1.54, 1.807) is 6.07 Å². The third-order valence-corrected chi connectivity index (χ3v) is 7.55. The fourth-order valence-corrected chi connectivity index (χ4v) is 5.70. The van der Waals surface area contributed by atoms with E-state index in [4.69, 9.17) is 0 Å². The van der Waals surface area contributed by atoms with Gasteiger partial charge in [-0.25, -0.2) is 8.42 Å². The molecule has 0 aliphatic carbocycles. The Bertz CT molecular complexity index is 524. The van der Waals surface area contributed by atoms with Crippen molar-refractivity contribution in [1.82, 2.24) is 9.62 Å². The molecule has 1 aliphatic rings. The second kappa shape index (κ2) is 5.18. The van der Waals surface area contributed by atoms with Gasteiger partial charge < -0.3 is 10.4 Å². The maximum Gasteiger partial charge on any atom is 0.252 e. The maximum absolute atomic E-state index is 12.4. The number of β-amino-alcohol motifs (C(OH)–C–C–N with tert-alkyl or cyclic N) is 1. The van der Waals surface area contributed by atoms with Gasteiger partial charge in [-0.1, -0.05) is 0 Å². The zero-order chi connectivity index (χ0) is 13.5. The van der Waals surface area contributed by atoms with E-state index < -0.39 is 22.2 Å². The molecule has 0 spiro atoms. The van der Waals surface area contributed by atoms with Crippen LogP contribution in [0.15, 0.2) is 14.1 Å². The highest BCUT2D eigenvalue weighted by Gasteiger charge is 2.36. The molecule has 102 valence electrons. The molecule has 0 unspecified atom stereocenters. The van der Waals surface area contributed by atoms with Crippen molar-refractivity contribution in [3.63, 3.8) is 0 Å². The van der Waals surface area contributed by atoms with Gasteiger partial charge in [0.2, 0.25) is 0 Å². The number of hydrogen-bond donors (Lipinski definition) is 2. The Morgan fingerprint density at radius 1 is 1.56 bits per heavy atom. The number of likely N-dealkylation sites (N-methyl/N-ethyl adjacent to an activating group) is 1. The summed E-state index contributed by atoms with van der Waals surface area (Å²) >= 11 is 4.52. The number of sulfonamides is 1. The highest BCUT2D eigenvalue weighted by Crippen LogP contribution is 2.32. The molecule has 2 N–H and O–H groups in total. The van der Waals surface area contributed by atoms with E-state index in [2.05, 4.69) is 21.2 Å². The molecule has 5 nitrogen and oxygen atoms in total. The summed E-state index contributed by atoms with van der Waals surface area (Å²) in [6.07, 6.45) is -0.658. The molecular formula is C10H15BrN2O3S2. The summed E-state index contributed by atoms with van der Waals surface area (Å²) in [5.41, 5.74) is 0.900. The first kappa shape index (κ1) is 14.4. The van der Waals surface area contributed by atoms with Crippen LogP contribution in [0.3, 0.4) is 0 Å². The number of rotatable bonds is 3. The Morgan fingerprint density at radius 2 is 2.22 bits per heavy atom. The van der Waals surface area contributed by atoms with Crippen molar-refractivity contribution in [2.24, 2.45) is 0 Å². The molecule has 1 fully saturated rings. The maximum atomic E-state index is 12.4. The number of nitrogens with zero attached hydrogens (tertiary/aromatic N) is 1. The molecule has 2 atom stereocenters. The van der Waals surface area contributed by atoms with Gasteiger partial charge in [0.05, 0.1) is 15.9 Å². The number of aliphatic hydroxyl groups excluding tert-OH is 1. The van der Waals surface area contributed by atoms with Crippen LogP contribution in [0, 0.1) is 6.92 Å². The van der Waals surface area contributed by atoms with Crippen LogP contribution in [0.5, 0.6) is 0 Å². The van der Waals surface area contributed by atoms with Gasteiger partial charge in [-0.2, -0.15) is 4.31 Å². The smallest absolute Gasteiger partial charge is 0.252 e. The Morgan fingerprint density at radius 3 is 2.67 bits per heavy atom. The van der Waals surface area contributed by atoms with Gasteiger partial charge in [0.25, 0.3) is 10.0 Å². The predicted octanol–water partition coefficient (Wildman–Crippen LogP) is 0.772. The van der Waals surface area contributed by atoms with Gasteiger partial charge in [0.15, 0.2) is 0 Å². The lowest BCUT2D eigenvalue weighted by Crippen LogP contribution is -2.43. The largest absolute Gasteiger partial charge is 0.390 e. The molecule has 0 aromatic carbocycles. The molecule has 1 aliphatic heterocycles. The summed E-state index contributed by atoms with van der Waals surface area (Å²) in [5.74, 6) is 0. The molecule has 1 aromatic rings. The van der Waals surface area contributed by atoms with Crippen LogP contribution >= 0.6 is 27.3 Å². The summed E-state index contributed by atoms with van der Waals surface area (Å²) < 4.78 is 27.2. The van der Waals surface area contributed by atoms with Crippen LogP contribution in [-0.4, -0.2) is 50.1 Å². The van der Waals surface area contributed by atoms with Crippen LogP contribution in [0.25, 0.3) is 0 Å². The second-order valence-corrected chi connectivity index (χ2v) is 8.93. The Hall–Kier alpha value is 0.01000. The molecule has 0 amide bonds. The lowest BCUT2D eigenvalue weighted by Gasteiger charge is -2.24. The Labute approximate surface area is 119 Å². The van der Waals surface area contributed by atoms with Gasteiger partial charge in [-0.05, 0) is 34.5 Å². The number of hydrogen-bond acceptors (Lipinski definition) is 5. The number of aryl methyl sites for hydroxylation is 1. The third-order valence-electron chi connectivity index (χ3n) is 3.09. The number of halogens is 1. The minimum absolute atomic E-state index is 0.300. The lowest BCUT2D eigenvalue weighted by molar-refractivity contribution is 0.136. The van der Waals surface area contributed by atoms with Crippen LogP contribution in [0.4, 0.5) is 0 Å². The summed E-state index contributed by atoms with van der Waals surface area (Å²) in [6.45, 7) is 2.76. The first-order valence-electron chi connectivity index (χ1n) is 5.47. The van der Waals surface area contributed by atoms with Crippen molar-refractivity contribution in [2.75, 3.05) is 20.1 Å². The van der Waals surface area contributed by atoms with Crippen molar-refractivity contribution in [2.45, 2.75) is 23.3 Å². The van der Waals surface area contributed by atoms with Gasteiger partial charge >= 0.3 is 0 Å².